The Bertz CT molecular complexity index is 809. The van der Waals surface area contributed by atoms with Crippen molar-refractivity contribution in [2.45, 2.75) is 13.3 Å². The van der Waals surface area contributed by atoms with E-state index in [0.29, 0.717) is 6.54 Å². The van der Waals surface area contributed by atoms with E-state index in [2.05, 4.69) is 36.2 Å². The third-order valence-corrected chi connectivity index (χ3v) is 4.90. The van der Waals surface area contributed by atoms with Gasteiger partial charge in [0, 0.05) is 37.5 Å². The van der Waals surface area contributed by atoms with Crippen molar-refractivity contribution in [2.75, 3.05) is 13.6 Å². The van der Waals surface area contributed by atoms with Crippen molar-refractivity contribution in [3.05, 3.63) is 76.2 Å². The number of thiophene rings is 1. The fraction of sp³-hybridized carbons (Fsp3) is 0.200. The largest absolute Gasteiger partial charge is 0.341 e. The maximum atomic E-state index is 12.8. The highest BCUT2D eigenvalue weighted by Gasteiger charge is 2.18. The molecule has 0 N–H and O–H groups in total. The molecule has 1 amide bonds. The first-order valence-electron chi connectivity index (χ1n) is 7.95. The fourth-order valence-corrected chi connectivity index (χ4v) is 3.45. The Balaban J connectivity index is 1.73. The van der Waals surface area contributed by atoms with Crippen LogP contribution in [0.15, 0.2) is 60.1 Å². The summed E-state index contributed by atoms with van der Waals surface area (Å²) in [7, 11) is 1.85. The minimum absolute atomic E-state index is 0.0662. The summed E-state index contributed by atoms with van der Waals surface area (Å²) in [6.45, 7) is 2.72. The van der Waals surface area contributed by atoms with E-state index in [4.69, 9.17) is 0 Å². The van der Waals surface area contributed by atoms with Gasteiger partial charge in [0.05, 0.1) is 4.88 Å². The molecule has 2 heterocycles. The lowest BCUT2D eigenvalue weighted by molar-refractivity contribution is 0.0802. The third-order valence-electron chi connectivity index (χ3n) is 4.00. The summed E-state index contributed by atoms with van der Waals surface area (Å²) >= 11 is 1.50. The molecule has 1 aromatic carbocycles. The van der Waals surface area contributed by atoms with Crippen molar-refractivity contribution in [1.29, 1.82) is 0 Å². The summed E-state index contributed by atoms with van der Waals surface area (Å²) in [6.07, 6.45) is 2.54. The molecule has 3 rings (SSSR count). The summed E-state index contributed by atoms with van der Waals surface area (Å²) < 4.78 is 0. The Kier molecular flexibility index (Phi) is 5.06. The average molecular weight is 336 g/mol. The molecule has 0 aliphatic carbocycles. The van der Waals surface area contributed by atoms with Gasteiger partial charge in [0.2, 0.25) is 0 Å². The van der Waals surface area contributed by atoms with Gasteiger partial charge < -0.3 is 4.90 Å². The van der Waals surface area contributed by atoms with Crippen molar-refractivity contribution >= 4 is 17.2 Å². The number of amides is 1. The Morgan fingerprint density at radius 1 is 1.12 bits per heavy atom. The molecule has 0 unspecified atom stereocenters. The monoisotopic (exact) mass is 336 g/mol. The number of aryl methyl sites for hydroxylation is 1. The van der Waals surface area contributed by atoms with Crippen LogP contribution in [0.5, 0.6) is 0 Å². The second-order valence-corrected chi connectivity index (χ2v) is 6.74. The molecule has 0 saturated heterocycles. The Labute approximate surface area is 146 Å². The lowest BCUT2D eigenvalue weighted by Crippen LogP contribution is -2.28. The molecule has 0 aliphatic heterocycles. The first-order chi connectivity index (χ1) is 11.6. The molecule has 0 radical (unpaired) electrons. The Morgan fingerprint density at radius 2 is 1.92 bits per heavy atom. The normalized spacial score (nSPS) is 10.6. The Morgan fingerprint density at radius 3 is 2.62 bits per heavy atom. The smallest absolute Gasteiger partial charge is 0.264 e. The van der Waals surface area contributed by atoms with Gasteiger partial charge in [-0.1, -0.05) is 35.9 Å². The zero-order valence-electron chi connectivity index (χ0n) is 13.9. The molecule has 4 heteroatoms. The second kappa shape index (κ2) is 7.41. The van der Waals surface area contributed by atoms with E-state index < -0.39 is 0 Å². The number of likely N-dealkylation sites (N-methyl/N-ethyl adjacent to an activating group) is 1. The summed E-state index contributed by atoms with van der Waals surface area (Å²) in [5.74, 6) is 0.0662. The maximum Gasteiger partial charge on any atom is 0.264 e. The number of aromatic nitrogens is 1. The summed E-state index contributed by atoms with van der Waals surface area (Å²) in [4.78, 5) is 19.7. The zero-order valence-corrected chi connectivity index (χ0v) is 14.7. The highest BCUT2D eigenvalue weighted by Crippen LogP contribution is 2.29. The second-order valence-electron chi connectivity index (χ2n) is 5.83. The number of rotatable bonds is 5. The lowest BCUT2D eigenvalue weighted by Gasteiger charge is -2.17. The van der Waals surface area contributed by atoms with E-state index in [-0.39, 0.29) is 5.91 Å². The van der Waals surface area contributed by atoms with Crippen LogP contribution in [-0.2, 0) is 6.42 Å². The van der Waals surface area contributed by atoms with Gasteiger partial charge in [-0.15, -0.1) is 11.3 Å². The van der Waals surface area contributed by atoms with Gasteiger partial charge in [0.1, 0.15) is 0 Å². The number of nitrogens with zero attached hydrogens (tertiary/aromatic N) is 2. The average Bonchev–Trinajstić information content (AvgIpc) is 3.10. The van der Waals surface area contributed by atoms with E-state index in [1.807, 2.05) is 36.7 Å². The molecule has 0 aliphatic rings. The molecule has 122 valence electrons. The number of carbonyl (C=O) groups is 1. The van der Waals surface area contributed by atoms with Crippen molar-refractivity contribution in [1.82, 2.24) is 9.88 Å². The number of benzene rings is 1. The van der Waals surface area contributed by atoms with Crippen molar-refractivity contribution < 1.29 is 4.79 Å². The molecule has 0 spiro atoms. The summed E-state index contributed by atoms with van der Waals surface area (Å²) in [6, 6.07) is 16.2. The zero-order chi connectivity index (χ0) is 16.9. The topological polar surface area (TPSA) is 33.2 Å². The van der Waals surface area contributed by atoms with E-state index in [9.17, 15) is 4.79 Å². The maximum absolute atomic E-state index is 12.8. The summed E-state index contributed by atoms with van der Waals surface area (Å²) in [5, 5.41) is 1.98. The van der Waals surface area contributed by atoms with Gasteiger partial charge in [-0.25, -0.2) is 0 Å². The highest BCUT2D eigenvalue weighted by atomic mass is 32.1. The van der Waals surface area contributed by atoms with Crippen LogP contribution >= 0.6 is 11.3 Å². The van der Waals surface area contributed by atoms with Crippen LogP contribution in [0.1, 0.15) is 20.9 Å². The quantitative estimate of drug-likeness (QED) is 0.690. The van der Waals surface area contributed by atoms with Crippen molar-refractivity contribution in [2.24, 2.45) is 0 Å². The molecular weight excluding hydrogens is 316 g/mol. The predicted molar refractivity (Wildman–Crippen MR) is 99.4 cm³/mol. The van der Waals surface area contributed by atoms with Gasteiger partial charge in [0.15, 0.2) is 0 Å². The van der Waals surface area contributed by atoms with E-state index >= 15 is 0 Å². The molecule has 3 aromatic rings. The molecule has 0 bridgehead atoms. The SMILES string of the molecule is Cc1ccc(-c2ccsc2C(=O)N(C)CCc2ccccn2)cc1. The van der Waals surface area contributed by atoms with Gasteiger partial charge in [-0.05, 0) is 36.1 Å². The minimum Gasteiger partial charge on any atom is -0.341 e. The van der Waals surface area contributed by atoms with E-state index in [1.165, 1.54) is 16.9 Å². The highest BCUT2D eigenvalue weighted by molar-refractivity contribution is 7.12. The van der Waals surface area contributed by atoms with Gasteiger partial charge in [-0.2, -0.15) is 0 Å². The van der Waals surface area contributed by atoms with E-state index in [1.54, 1.807) is 11.1 Å². The minimum atomic E-state index is 0.0662. The first-order valence-corrected chi connectivity index (χ1v) is 8.83. The molecule has 0 fully saturated rings. The standard InChI is InChI=1S/C20H20N2OS/c1-15-6-8-16(9-7-15)18-11-14-24-19(18)20(23)22(2)13-10-17-5-3-4-12-21-17/h3-9,11-12,14H,10,13H2,1-2H3. The molecule has 3 nitrogen and oxygen atoms in total. The van der Waals surface area contributed by atoms with Crippen LogP contribution in [0, 0.1) is 6.92 Å². The first kappa shape index (κ1) is 16.4. The van der Waals surface area contributed by atoms with Crippen molar-refractivity contribution in [3.63, 3.8) is 0 Å². The van der Waals surface area contributed by atoms with Gasteiger partial charge in [-0.3, -0.25) is 9.78 Å². The van der Waals surface area contributed by atoms with Crippen LogP contribution in [0.3, 0.4) is 0 Å². The number of carbonyl (C=O) groups excluding carboxylic acids is 1. The molecular formula is C20H20N2OS. The number of pyridine rings is 1. The lowest BCUT2D eigenvalue weighted by atomic mass is 10.0. The molecule has 0 atom stereocenters. The van der Waals surface area contributed by atoms with Crippen LogP contribution in [0.25, 0.3) is 11.1 Å². The number of hydrogen-bond donors (Lipinski definition) is 0. The third kappa shape index (κ3) is 3.71. The van der Waals surface area contributed by atoms with Gasteiger partial charge in [0.25, 0.3) is 5.91 Å². The van der Waals surface area contributed by atoms with Crippen LogP contribution in [0.2, 0.25) is 0 Å². The van der Waals surface area contributed by atoms with Crippen LogP contribution in [0.4, 0.5) is 0 Å². The Hall–Kier alpha value is -2.46. The fourth-order valence-electron chi connectivity index (χ4n) is 2.54. The van der Waals surface area contributed by atoms with Crippen LogP contribution in [-0.4, -0.2) is 29.4 Å². The predicted octanol–water partition coefficient (Wildman–Crippen LogP) is 4.43. The van der Waals surface area contributed by atoms with Crippen LogP contribution < -0.4 is 0 Å². The van der Waals surface area contributed by atoms with Gasteiger partial charge >= 0.3 is 0 Å². The van der Waals surface area contributed by atoms with E-state index in [0.717, 1.165) is 28.1 Å². The van der Waals surface area contributed by atoms with Crippen molar-refractivity contribution in [3.8, 4) is 11.1 Å². The molecule has 0 saturated carbocycles. The molecule has 24 heavy (non-hydrogen) atoms. The molecule has 2 aromatic heterocycles. The summed E-state index contributed by atoms with van der Waals surface area (Å²) in [5.41, 5.74) is 4.31. The number of hydrogen-bond acceptors (Lipinski definition) is 3.